The number of amides is 1. The Labute approximate surface area is 205 Å². The summed E-state index contributed by atoms with van der Waals surface area (Å²) < 4.78 is 29.5. The van der Waals surface area contributed by atoms with Crippen LogP contribution in [0.3, 0.4) is 0 Å². The number of carbonyl (C=O) groups excluding carboxylic acids is 1. The van der Waals surface area contributed by atoms with Crippen LogP contribution in [0.5, 0.6) is 0 Å². The maximum atomic E-state index is 13.3. The molecule has 0 aromatic carbocycles. The lowest BCUT2D eigenvalue weighted by atomic mass is 9.83. The van der Waals surface area contributed by atoms with Gasteiger partial charge in [-0.25, -0.2) is 13.8 Å². The first-order valence-electron chi connectivity index (χ1n) is 12.0. The first-order chi connectivity index (χ1) is 17.0. The summed E-state index contributed by atoms with van der Waals surface area (Å²) in [5.74, 6) is -2.28. The van der Waals surface area contributed by atoms with Crippen LogP contribution in [0.2, 0.25) is 0 Å². The van der Waals surface area contributed by atoms with E-state index in [9.17, 15) is 23.5 Å². The number of aromatic nitrogens is 4. The van der Waals surface area contributed by atoms with Gasteiger partial charge in [-0.2, -0.15) is 9.61 Å². The number of hydrogen-bond acceptors (Lipinski definition) is 7. The Hall–Kier alpha value is -3.54. The number of rotatable bonds is 6. The topological polar surface area (TPSA) is 126 Å². The molecule has 10 nitrogen and oxygen atoms in total. The normalized spacial score (nSPS) is 23.8. The summed E-state index contributed by atoms with van der Waals surface area (Å²) in [7, 11) is 1.69. The van der Waals surface area contributed by atoms with Crippen molar-refractivity contribution in [2.75, 3.05) is 17.7 Å². The van der Waals surface area contributed by atoms with Gasteiger partial charge in [0.1, 0.15) is 22.9 Å². The number of anilines is 3. The summed E-state index contributed by atoms with van der Waals surface area (Å²) >= 11 is 0. The Morgan fingerprint density at radius 3 is 2.75 bits per heavy atom. The summed E-state index contributed by atoms with van der Waals surface area (Å²) in [5.41, 5.74) is -0.533. The van der Waals surface area contributed by atoms with Gasteiger partial charge in [-0.1, -0.05) is 0 Å². The van der Waals surface area contributed by atoms with Crippen LogP contribution in [0.4, 0.5) is 26.1 Å². The van der Waals surface area contributed by atoms with Crippen LogP contribution in [0, 0.1) is 0 Å². The maximum absolute atomic E-state index is 13.3. The molecule has 4 N–H and O–H groups in total. The van der Waals surface area contributed by atoms with Crippen molar-refractivity contribution >= 4 is 28.9 Å². The van der Waals surface area contributed by atoms with E-state index in [-0.39, 0.29) is 47.5 Å². The molecule has 0 aliphatic heterocycles. The predicted molar refractivity (Wildman–Crippen MR) is 130 cm³/mol. The van der Waals surface area contributed by atoms with Gasteiger partial charge in [-0.3, -0.25) is 9.59 Å². The maximum Gasteiger partial charge on any atom is 0.274 e. The summed E-state index contributed by atoms with van der Waals surface area (Å²) in [4.78, 5) is 30.6. The van der Waals surface area contributed by atoms with E-state index in [4.69, 9.17) is 0 Å². The van der Waals surface area contributed by atoms with Crippen LogP contribution in [-0.4, -0.2) is 54.8 Å². The van der Waals surface area contributed by atoms with Gasteiger partial charge in [0.15, 0.2) is 5.65 Å². The molecule has 3 heterocycles. The third-order valence-electron chi connectivity index (χ3n) is 6.96. The number of hydrogen-bond donors (Lipinski definition) is 4. The molecule has 0 spiro atoms. The van der Waals surface area contributed by atoms with E-state index in [2.05, 4.69) is 26.0 Å². The van der Waals surface area contributed by atoms with Gasteiger partial charge in [0.25, 0.3) is 17.4 Å². The molecule has 2 aliphatic rings. The van der Waals surface area contributed by atoms with Crippen molar-refractivity contribution in [3.63, 3.8) is 0 Å². The molecule has 0 saturated heterocycles. The van der Waals surface area contributed by atoms with E-state index in [1.807, 2.05) is 0 Å². The Morgan fingerprint density at radius 2 is 2.06 bits per heavy atom. The van der Waals surface area contributed by atoms with Gasteiger partial charge in [0.2, 0.25) is 0 Å². The summed E-state index contributed by atoms with van der Waals surface area (Å²) in [6.07, 6.45) is 4.95. The minimum absolute atomic E-state index is 0.164. The molecule has 0 radical (unpaired) electrons. The van der Waals surface area contributed by atoms with Crippen LogP contribution in [0.1, 0.15) is 61.8 Å². The second kappa shape index (κ2) is 8.84. The lowest BCUT2D eigenvalue weighted by Crippen LogP contribution is -2.44. The highest BCUT2D eigenvalue weighted by molar-refractivity contribution is 6.00. The van der Waals surface area contributed by atoms with Crippen molar-refractivity contribution < 1.29 is 18.7 Å². The number of aliphatic hydroxyl groups is 1. The Morgan fingerprint density at radius 1 is 1.28 bits per heavy atom. The Kier molecular flexibility index (Phi) is 5.93. The second-order valence-electron chi connectivity index (χ2n) is 10.0. The molecule has 5 rings (SSSR count). The fourth-order valence-corrected chi connectivity index (χ4v) is 5.07. The van der Waals surface area contributed by atoms with Crippen LogP contribution in [-0.2, 0) is 0 Å². The second-order valence-corrected chi connectivity index (χ2v) is 10.0. The number of carbonyl (C=O) groups is 1. The third kappa shape index (κ3) is 4.64. The van der Waals surface area contributed by atoms with E-state index in [1.54, 1.807) is 32.2 Å². The zero-order valence-corrected chi connectivity index (χ0v) is 20.1. The molecule has 12 heteroatoms. The molecular weight excluding hydrogens is 472 g/mol. The molecule has 1 amide bonds. The van der Waals surface area contributed by atoms with Gasteiger partial charge in [0.05, 0.1) is 11.8 Å². The lowest BCUT2D eigenvalue weighted by Gasteiger charge is -2.36. The summed E-state index contributed by atoms with van der Waals surface area (Å²) in [6, 6.07) is 4.09. The van der Waals surface area contributed by atoms with E-state index >= 15 is 0 Å². The average Bonchev–Trinajstić information content (AvgIpc) is 3.22. The van der Waals surface area contributed by atoms with Gasteiger partial charge in [-0.15, -0.1) is 0 Å². The highest BCUT2D eigenvalue weighted by Crippen LogP contribution is 2.44. The van der Waals surface area contributed by atoms with E-state index in [1.165, 1.54) is 21.5 Å². The number of nitrogens with one attached hydrogen (secondary N) is 3. The van der Waals surface area contributed by atoms with E-state index < -0.39 is 23.1 Å². The summed E-state index contributed by atoms with van der Waals surface area (Å²) in [6.45, 7) is 1.77. The predicted octanol–water partition coefficient (Wildman–Crippen LogP) is 3.07. The van der Waals surface area contributed by atoms with E-state index in [0.29, 0.717) is 18.7 Å². The van der Waals surface area contributed by atoms with Crippen molar-refractivity contribution in [3.8, 4) is 0 Å². The third-order valence-corrected chi connectivity index (χ3v) is 6.96. The zero-order chi connectivity index (χ0) is 25.7. The number of pyridine rings is 1. The quantitative estimate of drug-likeness (QED) is 0.409. The molecule has 2 aliphatic carbocycles. The fourth-order valence-electron chi connectivity index (χ4n) is 5.07. The van der Waals surface area contributed by atoms with Crippen molar-refractivity contribution in [3.05, 3.63) is 46.5 Å². The molecule has 2 fully saturated rings. The smallest absolute Gasteiger partial charge is 0.274 e. The van der Waals surface area contributed by atoms with Gasteiger partial charge in [0, 0.05) is 44.2 Å². The first-order valence-corrected chi connectivity index (χ1v) is 12.0. The largest absolute Gasteiger partial charge is 0.390 e. The molecule has 1 unspecified atom stereocenters. The zero-order valence-electron chi connectivity index (χ0n) is 20.1. The molecule has 3 aromatic rings. The van der Waals surface area contributed by atoms with E-state index in [0.717, 1.165) is 12.8 Å². The Balaban J connectivity index is 1.42. The monoisotopic (exact) mass is 501 g/mol. The van der Waals surface area contributed by atoms with Gasteiger partial charge >= 0.3 is 0 Å². The fraction of sp³-hybridized carbons (Fsp3) is 0.500. The van der Waals surface area contributed by atoms with Crippen molar-refractivity contribution in [2.24, 2.45) is 0 Å². The number of alkyl halides is 2. The van der Waals surface area contributed by atoms with Gasteiger partial charge < -0.3 is 25.6 Å². The van der Waals surface area contributed by atoms with Crippen LogP contribution >= 0.6 is 0 Å². The minimum atomic E-state index is -2.74. The number of fused-ring (bicyclic) bond motifs is 1. The van der Waals surface area contributed by atoms with Crippen molar-refractivity contribution in [1.29, 1.82) is 0 Å². The Bertz CT molecular complexity index is 1360. The number of halogens is 2. The van der Waals surface area contributed by atoms with Crippen molar-refractivity contribution in [1.82, 2.24) is 24.5 Å². The summed E-state index contributed by atoms with van der Waals surface area (Å²) in [5, 5.41) is 23.6. The molecule has 36 heavy (non-hydrogen) atoms. The van der Waals surface area contributed by atoms with Crippen LogP contribution in [0.25, 0.3) is 5.65 Å². The molecule has 2 atom stereocenters. The molecule has 2 saturated carbocycles. The lowest BCUT2D eigenvalue weighted by molar-refractivity contribution is -0.104. The molecule has 192 valence electrons. The number of nitrogens with zero attached hydrogens (tertiary/aromatic N) is 4. The molecular formula is C24H29F2N7O3. The minimum Gasteiger partial charge on any atom is -0.390 e. The SMILES string of the molecule is CNc1cc(Nc2cccn(C3CC(F)(F)C3)c2=O)nc2c(C(=O)NC3CCC[C@](C)(O)C3)cnn12. The van der Waals surface area contributed by atoms with Gasteiger partial charge in [-0.05, 0) is 44.7 Å². The highest BCUT2D eigenvalue weighted by atomic mass is 19.3. The van der Waals surface area contributed by atoms with Crippen LogP contribution in [0.15, 0.2) is 35.4 Å². The van der Waals surface area contributed by atoms with Crippen molar-refractivity contribution in [2.45, 2.75) is 69.1 Å². The average molecular weight is 502 g/mol. The molecule has 0 bridgehead atoms. The first kappa shape index (κ1) is 24.2. The van der Waals surface area contributed by atoms with Crippen LogP contribution < -0.4 is 21.5 Å². The molecule has 3 aromatic heterocycles. The standard InChI is InChI=1S/C24H29F2N7O3/c1-23(36)7-3-5-14(10-23)29-21(34)16-13-28-33-19(27-2)9-18(31-20(16)33)30-17-6-4-8-32(22(17)35)15-11-24(25,26)12-15/h4,6,8-9,13-15,27,36H,3,5,7,10-12H2,1-2H3,(H,29,34)(H,30,31)/t14?,23-/m0/s1. The highest BCUT2D eigenvalue weighted by Gasteiger charge is 2.46.